The number of nitrogens with zero attached hydrogens (tertiary/aromatic N) is 2. The third kappa shape index (κ3) is 7.36. The normalized spacial score (nSPS) is 12.0. The number of unbranched alkanes of at least 4 members (excludes halogenated alkanes) is 5. The van der Waals surface area contributed by atoms with E-state index in [0.717, 1.165) is 13.1 Å². The van der Waals surface area contributed by atoms with Crippen molar-refractivity contribution in [2.45, 2.75) is 84.8 Å². The fourth-order valence-electron chi connectivity index (χ4n) is 2.11. The lowest BCUT2D eigenvalue weighted by Crippen LogP contribution is -2.35. The molecule has 110 valence electrons. The second-order valence-corrected chi connectivity index (χ2v) is 6.42. The number of aromatic nitrogens is 2. The minimum atomic E-state index is 0.162. The molecule has 1 heterocycles. The van der Waals surface area contributed by atoms with Gasteiger partial charge in [-0.3, -0.25) is 4.68 Å². The van der Waals surface area contributed by atoms with E-state index in [4.69, 9.17) is 0 Å². The van der Waals surface area contributed by atoms with Gasteiger partial charge >= 0.3 is 0 Å². The van der Waals surface area contributed by atoms with Gasteiger partial charge in [-0.2, -0.15) is 5.10 Å². The average molecular weight is 265 g/mol. The van der Waals surface area contributed by atoms with Crippen molar-refractivity contribution in [1.82, 2.24) is 15.1 Å². The van der Waals surface area contributed by atoms with Crippen molar-refractivity contribution in [3.63, 3.8) is 0 Å². The van der Waals surface area contributed by atoms with E-state index < -0.39 is 0 Å². The van der Waals surface area contributed by atoms with Gasteiger partial charge in [0, 0.05) is 24.8 Å². The average Bonchev–Trinajstić information content (AvgIpc) is 2.78. The Hall–Kier alpha value is -0.830. The van der Waals surface area contributed by atoms with E-state index in [-0.39, 0.29) is 5.54 Å². The molecule has 1 rings (SSSR count). The lowest BCUT2D eigenvalue weighted by molar-refractivity contribution is 0.408. The first-order valence-electron chi connectivity index (χ1n) is 7.78. The van der Waals surface area contributed by atoms with Gasteiger partial charge in [0.1, 0.15) is 0 Å². The monoisotopic (exact) mass is 265 g/mol. The molecule has 0 saturated heterocycles. The number of aryl methyl sites for hydroxylation is 1. The molecule has 0 fully saturated rings. The zero-order chi connectivity index (χ0) is 14.1. The van der Waals surface area contributed by atoms with Crippen LogP contribution in [0.25, 0.3) is 0 Å². The van der Waals surface area contributed by atoms with Crippen LogP contribution in [0.4, 0.5) is 0 Å². The second kappa shape index (κ2) is 8.36. The molecule has 0 aliphatic rings. The van der Waals surface area contributed by atoms with Gasteiger partial charge in [-0.15, -0.1) is 0 Å². The minimum Gasteiger partial charge on any atom is -0.306 e. The van der Waals surface area contributed by atoms with Crippen molar-refractivity contribution < 1.29 is 0 Å². The fourth-order valence-corrected chi connectivity index (χ4v) is 2.11. The lowest BCUT2D eigenvalue weighted by atomic mass is 10.1. The Morgan fingerprint density at radius 2 is 1.79 bits per heavy atom. The zero-order valence-corrected chi connectivity index (χ0v) is 13.2. The summed E-state index contributed by atoms with van der Waals surface area (Å²) in [7, 11) is 0. The largest absolute Gasteiger partial charge is 0.306 e. The van der Waals surface area contributed by atoms with Crippen molar-refractivity contribution in [1.29, 1.82) is 0 Å². The highest BCUT2D eigenvalue weighted by Gasteiger charge is 2.10. The molecule has 0 bridgehead atoms. The van der Waals surface area contributed by atoms with Gasteiger partial charge in [-0.1, -0.05) is 39.0 Å². The predicted octanol–water partition coefficient (Wildman–Crippen LogP) is 4.13. The highest BCUT2D eigenvalue weighted by atomic mass is 15.3. The quantitative estimate of drug-likeness (QED) is 0.680. The van der Waals surface area contributed by atoms with Crippen molar-refractivity contribution in [2.75, 3.05) is 0 Å². The van der Waals surface area contributed by atoms with Crippen LogP contribution in [0.2, 0.25) is 0 Å². The maximum absolute atomic E-state index is 4.43. The van der Waals surface area contributed by atoms with Crippen LogP contribution >= 0.6 is 0 Å². The highest BCUT2D eigenvalue weighted by Crippen LogP contribution is 2.08. The van der Waals surface area contributed by atoms with E-state index in [2.05, 4.69) is 48.9 Å². The number of hydrogen-bond donors (Lipinski definition) is 1. The first-order chi connectivity index (χ1) is 9.03. The van der Waals surface area contributed by atoms with Gasteiger partial charge in [0.25, 0.3) is 0 Å². The topological polar surface area (TPSA) is 29.9 Å². The van der Waals surface area contributed by atoms with Crippen LogP contribution in [0.15, 0.2) is 12.3 Å². The molecule has 0 atom stereocenters. The molecular weight excluding hydrogens is 234 g/mol. The summed E-state index contributed by atoms with van der Waals surface area (Å²) in [6.45, 7) is 10.8. The number of rotatable bonds is 9. The molecule has 1 aromatic heterocycles. The summed E-state index contributed by atoms with van der Waals surface area (Å²) in [5.74, 6) is 0. The van der Waals surface area contributed by atoms with E-state index >= 15 is 0 Å². The van der Waals surface area contributed by atoms with Gasteiger partial charge in [0.15, 0.2) is 0 Å². The molecule has 19 heavy (non-hydrogen) atoms. The van der Waals surface area contributed by atoms with Crippen LogP contribution in [0.1, 0.15) is 71.9 Å². The molecule has 0 spiro atoms. The minimum absolute atomic E-state index is 0.162. The second-order valence-electron chi connectivity index (χ2n) is 6.42. The lowest BCUT2D eigenvalue weighted by Gasteiger charge is -2.20. The Morgan fingerprint density at radius 3 is 2.47 bits per heavy atom. The smallest absolute Gasteiger partial charge is 0.0522 e. The first-order valence-corrected chi connectivity index (χ1v) is 7.78. The molecule has 0 saturated carbocycles. The summed E-state index contributed by atoms with van der Waals surface area (Å²) in [6, 6.07) is 2.12. The molecule has 0 aliphatic carbocycles. The van der Waals surface area contributed by atoms with Crippen LogP contribution in [0, 0.1) is 0 Å². The van der Waals surface area contributed by atoms with Crippen molar-refractivity contribution >= 4 is 0 Å². The van der Waals surface area contributed by atoms with Crippen LogP contribution in [-0.4, -0.2) is 15.3 Å². The molecule has 0 amide bonds. The summed E-state index contributed by atoms with van der Waals surface area (Å²) in [4.78, 5) is 0. The van der Waals surface area contributed by atoms with Crippen LogP contribution in [0.5, 0.6) is 0 Å². The van der Waals surface area contributed by atoms with Gasteiger partial charge in [0.05, 0.1) is 5.69 Å². The van der Waals surface area contributed by atoms with E-state index in [1.165, 1.54) is 44.2 Å². The Kier molecular flexibility index (Phi) is 7.14. The zero-order valence-electron chi connectivity index (χ0n) is 13.2. The number of nitrogens with one attached hydrogen (secondary N) is 1. The predicted molar refractivity (Wildman–Crippen MR) is 82.2 cm³/mol. The van der Waals surface area contributed by atoms with Gasteiger partial charge in [-0.05, 0) is 33.3 Å². The summed E-state index contributed by atoms with van der Waals surface area (Å²) in [6.07, 6.45) is 9.93. The van der Waals surface area contributed by atoms with Crippen LogP contribution in [-0.2, 0) is 13.1 Å². The summed E-state index contributed by atoms with van der Waals surface area (Å²) in [5, 5.41) is 7.95. The summed E-state index contributed by atoms with van der Waals surface area (Å²) < 4.78 is 2.15. The molecule has 0 aromatic carbocycles. The summed E-state index contributed by atoms with van der Waals surface area (Å²) >= 11 is 0. The third-order valence-corrected chi connectivity index (χ3v) is 3.33. The Balaban J connectivity index is 2.25. The van der Waals surface area contributed by atoms with E-state index in [0.29, 0.717) is 0 Å². The standard InChI is InChI=1S/C16H31N3/c1-5-6-7-8-9-10-13-19-15(11-12-18-19)14-17-16(2,3)4/h11-12,17H,5-10,13-14H2,1-4H3. The molecule has 1 aromatic rings. The molecular formula is C16H31N3. The number of hydrogen-bond acceptors (Lipinski definition) is 2. The van der Waals surface area contributed by atoms with E-state index in [9.17, 15) is 0 Å². The van der Waals surface area contributed by atoms with E-state index in [1.807, 2.05) is 6.20 Å². The van der Waals surface area contributed by atoms with Crippen molar-refractivity contribution in [2.24, 2.45) is 0 Å². The molecule has 3 heteroatoms. The van der Waals surface area contributed by atoms with Gasteiger partial charge in [-0.25, -0.2) is 0 Å². The maximum Gasteiger partial charge on any atom is 0.0522 e. The van der Waals surface area contributed by atoms with Gasteiger partial charge in [0.2, 0.25) is 0 Å². The molecule has 3 nitrogen and oxygen atoms in total. The summed E-state index contributed by atoms with van der Waals surface area (Å²) in [5.41, 5.74) is 1.46. The molecule has 0 unspecified atom stereocenters. The third-order valence-electron chi connectivity index (χ3n) is 3.33. The fraction of sp³-hybridized carbons (Fsp3) is 0.812. The van der Waals surface area contributed by atoms with E-state index in [1.54, 1.807) is 0 Å². The van der Waals surface area contributed by atoms with Gasteiger partial charge < -0.3 is 5.32 Å². The maximum atomic E-state index is 4.43. The van der Waals surface area contributed by atoms with Crippen molar-refractivity contribution in [3.8, 4) is 0 Å². The molecule has 1 N–H and O–H groups in total. The Bertz CT molecular complexity index is 336. The first kappa shape index (κ1) is 16.2. The molecule has 0 radical (unpaired) electrons. The SMILES string of the molecule is CCCCCCCCn1nccc1CNC(C)(C)C. The Morgan fingerprint density at radius 1 is 1.11 bits per heavy atom. The van der Waals surface area contributed by atoms with Crippen molar-refractivity contribution in [3.05, 3.63) is 18.0 Å². The Labute approximate surface area is 118 Å². The molecule has 0 aliphatic heterocycles. The highest BCUT2D eigenvalue weighted by molar-refractivity contribution is 5.00. The van der Waals surface area contributed by atoms with Crippen LogP contribution in [0.3, 0.4) is 0 Å². The van der Waals surface area contributed by atoms with Crippen LogP contribution < -0.4 is 5.32 Å².